The van der Waals surface area contributed by atoms with Crippen LogP contribution in [0.3, 0.4) is 0 Å². The van der Waals surface area contributed by atoms with E-state index < -0.39 is 0 Å². The Balaban J connectivity index is 1.98. The lowest BCUT2D eigenvalue weighted by Gasteiger charge is -2.13. The number of hydrogen-bond donors (Lipinski definition) is 2. The molecule has 0 saturated heterocycles. The van der Waals surface area contributed by atoms with Crippen LogP contribution >= 0.6 is 0 Å². The number of aliphatic hydroxyl groups is 1. The number of hydrogen-bond acceptors (Lipinski definition) is 4. The summed E-state index contributed by atoms with van der Waals surface area (Å²) in [5.41, 5.74) is 2.01. The van der Waals surface area contributed by atoms with Gasteiger partial charge < -0.3 is 15.2 Å². The Morgan fingerprint density at radius 1 is 1.19 bits per heavy atom. The van der Waals surface area contributed by atoms with Crippen molar-refractivity contribution in [2.75, 3.05) is 6.54 Å². The quantitative estimate of drug-likeness (QED) is 0.819. The highest BCUT2D eigenvalue weighted by atomic mass is 16.5. The van der Waals surface area contributed by atoms with Gasteiger partial charge in [0.05, 0.1) is 6.61 Å². The largest absolute Gasteiger partial charge is 0.439 e. The van der Waals surface area contributed by atoms with Gasteiger partial charge >= 0.3 is 0 Å². The molecule has 1 aromatic heterocycles. The van der Waals surface area contributed by atoms with E-state index in [0.29, 0.717) is 11.6 Å². The van der Waals surface area contributed by atoms with Crippen molar-refractivity contribution in [3.63, 3.8) is 0 Å². The molecule has 1 aromatic carbocycles. The molecule has 0 saturated carbocycles. The van der Waals surface area contributed by atoms with E-state index in [1.165, 1.54) is 0 Å². The Morgan fingerprint density at radius 2 is 1.95 bits per heavy atom. The third-order valence-electron chi connectivity index (χ3n) is 3.29. The third-order valence-corrected chi connectivity index (χ3v) is 3.29. The molecule has 1 heterocycles. The molecule has 0 spiro atoms. The van der Waals surface area contributed by atoms with Crippen LogP contribution in [-0.4, -0.2) is 16.6 Å². The van der Waals surface area contributed by atoms with Crippen LogP contribution in [0.5, 0.6) is 11.6 Å². The maximum atomic E-state index is 9.00. The Hall–Kier alpha value is -1.91. The summed E-state index contributed by atoms with van der Waals surface area (Å²) in [6.07, 6.45) is 2.95. The summed E-state index contributed by atoms with van der Waals surface area (Å²) in [6, 6.07) is 11.5. The number of benzene rings is 1. The molecule has 0 radical (unpaired) electrons. The fraction of sp³-hybridized carbons (Fsp3) is 0.353. The van der Waals surface area contributed by atoms with Crippen molar-refractivity contribution in [1.29, 1.82) is 0 Å². The van der Waals surface area contributed by atoms with E-state index in [0.717, 1.165) is 24.1 Å². The second-order valence-corrected chi connectivity index (χ2v) is 5.01. The molecule has 0 amide bonds. The van der Waals surface area contributed by atoms with Crippen molar-refractivity contribution >= 4 is 0 Å². The summed E-state index contributed by atoms with van der Waals surface area (Å²) in [5, 5.41) is 12.4. The number of ether oxygens (including phenoxy) is 1. The van der Waals surface area contributed by atoms with Gasteiger partial charge in [-0.25, -0.2) is 4.98 Å². The molecule has 4 heteroatoms. The van der Waals surface area contributed by atoms with E-state index in [1.807, 2.05) is 42.6 Å². The molecule has 4 nitrogen and oxygen atoms in total. The molecule has 0 aliphatic rings. The second kappa shape index (κ2) is 7.76. The molecular formula is C17H22N2O2. The molecule has 0 aliphatic carbocycles. The van der Waals surface area contributed by atoms with E-state index in [1.54, 1.807) is 0 Å². The van der Waals surface area contributed by atoms with Crippen LogP contribution < -0.4 is 10.1 Å². The van der Waals surface area contributed by atoms with Crippen molar-refractivity contribution in [2.45, 2.75) is 32.9 Å². The maximum Gasteiger partial charge on any atom is 0.219 e. The van der Waals surface area contributed by atoms with E-state index in [4.69, 9.17) is 9.84 Å². The van der Waals surface area contributed by atoms with Crippen LogP contribution in [0.25, 0.3) is 0 Å². The summed E-state index contributed by atoms with van der Waals surface area (Å²) >= 11 is 0. The van der Waals surface area contributed by atoms with Crippen LogP contribution in [0.2, 0.25) is 0 Å². The molecule has 2 rings (SSSR count). The molecule has 21 heavy (non-hydrogen) atoms. The van der Waals surface area contributed by atoms with Crippen molar-refractivity contribution in [1.82, 2.24) is 10.3 Å². The molecule has 2 aromatic rings. The molecular weight excluding hydrogens is 264 g/mol. The van der Waals surface area contributed by atoms with E-state index in [-0.39, 0.29) is 12.6 Å². The molecule has 2 N–H and O–H groups in total. The first-order valence-electron chi connectivity index (χ1n) is 7.30. The first-order valence-corrected chi connectivity index (χ1v) is 7.30. The number of aliphatic hydroxyl groups excluding tert-OH is 1. The monoisotopic (exact) mass is 286 g/mol. The average molecular weight is 286 g/mol. The van der Waals surface area contributed by atoms with Crippen LogP contribution in [-0.2, 0) is 6.61 Å². The highest BCUT2D eigenvalue weighted by Gasteiger charge is 2.05. The summed E-state index contributed by atoms with van der Waals surface area (Å²) in [4.78, 5) is 4.33. The standard InChI is InChI=1S/C17H22N2O2/c1-3-10-18-13(2)15-6-9-17(19-11-15)21-16-7-4-14(12-20)5-8-16/h4-9,11,13,18,20H,3,10,12H2,1-2H3. The predicted molar refractivity (Wildman–Crippen MR) is 83.4 cm³/mol. The molecule has 1 atom stereocenters. The van der Waals surface area contributed by atoms with Gasteiger partial charge in [-0.3, -0.25) is 0 Å². The lowest BCUT2D eigenvalue weighted by atomic mass is 10.1. The maximum absolute atomic E-state index is 9.00. The molecule has 1 unspecified atom stereocenters. The van der Waals surface area contributed by atoms with Gasteiger partial charge in [0.25, 0.3) is 0 Å². The van der Waals surface area contributed by atoms with Gasteiger partial charge in [0, 0.05) is 18.3 Å². The topological polar surface area (TPSA) is 54.4 Å². The van der Waals surface area contributed by atoms with Gasteiger partial charge in [-0.15, -0.1) is 0 Å². The Kier molecular flexibility index (Phi) is 5.72. The first-order chi connectivity index (χ1) is 10.2. The summed E-state index contributed by atoms with van der Waals surface area (Å²) < 4.78 is 5.68. The zero-order valence-electron chi connectivity index (χ0n) is 12.5. The van der Waals surface area contributed by atoms with E-state index in [2.05, 4.69) is 24.1 Å². The minimum atomic E-state index is 0.0376. The summed E-state index contributed by atoms with van der Waals surface area (Å²) in [5.74, 6) is 1.28. The molecule has 0 bridgehead atoms. The normalized spacial score (nSPS) is 12.1. The van der Waals surface area contributed by atoms with Gasteiger partial charge in [-0.05, 0) is 43.1 Å². The van der Waals surface area contributed by atoms with Gasteiger partial charge in [0.2, 0.25) is 5.88 Å². The van der Waals surface area contributed by atoms with Gasteiger partial charge in [-0.1, -0.05) is 25.1 Å². The third kappa shape index (κ3) is 4.55. The van der Waals surface area contributed by atoms with Crippen molar-refractivity contribution in [3.05, 3.63) is 53.7 Å². The van der Waals surface area contributed by atoms with Crippen molar-refractivity contribution in [2.24, 2.45) is 0 Å². The smallest absolute Gasteiger partial charge is 0.219 e. The van der Waals surface area contributed by atoms with Crippen LogP contribution in [0, 0.1) is 0 Å². The lowest BCUT2D eigenvalue weighted by Crippen LogP contribution is -2.19. The fourth-order valence-corrected chi connectivity index (χ4v) is 1.97. The van der Waals surface area contributed by atoms with E-state index in [9.17, 15) is 0 Å². The van der Waals surface area contributed by atoms with Gasteiger partial charge in [0.1, 0.15) is 5.75 Å². The zero-order valence-corrected chi connectivity index (χ0v) is 12.5. The first kappa shape index (κ1) is 15.5. The molecule has 0 fully saturated rings. The number of aromatic nitrogens is 1. The number of nitrogens with zero attached hydrogens (tertiary/aromatic N) is 1. The number of pyridine rings is 1. The fourth-order valence-electron chi connectivity index (χ4n) is 1.97. The van der Waals surface area contributed by atoms with Crippen molar-refractivity contribution in [3.8, 4) is 11.6 Å². The minimum Gasteiger partial charge on any atom is -0.439 e. The SMILES string of the molecule is CCCNC(C)c1ccc(Oc2ccc(CO)cc2)nc1. The zero-order chi connectivity index (χ0) is 15.1. The number of rotatable bonds is 7. The molecule has 112 valence electrons. The van der Waals surface area contributed by atoms with Crippen molar-refractivity contribution < 1.29 is 9.84 Å². The Labute approximate surface area is 125 Å². The van der Waals surface area contributed by atoms with Crippen LogP contribution in [0.1, 0.15) is 37.4 Å². The van der Waals surface area contributed by atoms with Gasteiger partial charge in [-0.2, -0.15) is 0 Å². The number of nitrogens with one attached hydrogen (secondary N) is 1. The Bertz CT molecular complexity index is 538. The average Bonchev–Trinajstić information content (AvgIpc) is 2.54. The predicted octanol–water partition coefficient (Wildman–Crippen LogP) is 3.43. The highest BCUT2D eigenvalue weighted by molar-refractivity contribution is 5.31. The minimum absolute atomic E-state index is 0.0376. The second-order valence-electron chi connectivity index (χ2n) is 5.01. The lowest BCUT2D eigenvalue weighted by molar-refractivity contribution is 0.281. The molecule has 0 aliphatic heterocycles. The van der Waals surface area contributed by atoms with Gasteiger partial charge in [0.15, 0.2) is 0 Å². The highest BCUT2D eigenvalue weighted by Crippen LogP contribution is 2.21. The summed E-state index contributed by atoms with van der Waals surface area (Å²) in [6.45, 7) is 5.31. The van der Waals surface area contributed by atoms with E-state index >= 15 is 0 Å². The van der Waals surface area contributed by atoms with Crippen LogP contribution in [0.15, 0.2) is 42.6 Å². The van der Waals surface area contributed by atoms with Crippen LogP contribution in [0.4, 0.5) is 0 Å². The summed E-state index contributed by atoms with van der Waals surface area (Å²) in [7, 11) is 0. The Morgan fingerprint density at radius 3 is 2.52 bits per heavy atom.